The maximum Gasteiger partial charge on any atom is 0.327 e. The van der Waals surface area contributed by atoms with Gasteiger partial charge in [-0.2, -0.15) is 0 Å². The van der Waals surface area contributed by atoms with E-state index in [0.717, 1.165) is 12.8 Å². The Hall–Kier alpha value is -1.64. The highest BCUT2D eigenvalue weighted by atomic mass is 16.4. The number of pyridine rings is 1. The third kappa shape index (κ3) is 4.06. The van der Waals surface area contributed by atoms with E-state index in [1.165, 1.54) is 11.6 Å². The number of aliphatic carboxylic acids is 1. The molecular weight excluding hydrogens is 166 g/mol. The monoisotopic (exact) mass is 177 g/mol. The van der Waals surface area contributed by atoms with Crippen molar-refractivity contribution in [1.82, 2.24) is 4.98 Å². The Bertz CT molecular complexity index is 293. The Labute approximate surface area is 76.7 Å². The van der Waals surface area contributed by atoms with Gasteiger partial charge >= 0.3 is 5.97 Å². The number of nitrogens with zero attached hydrogens (tertiary/aromatic N) is 1. The third-order valence-electron chi connectivity index (χ3n) is 1.61. The number of rotatable bonds is 4. The lowest BCUT2D eigenvalue weighted by Gasteiger charge is -1.94. The summed E-state index contributed by atoms with van der Waals surface area (Å²) in [7, 11) is 0. The van der Waals surface area contributed by atoms with E-state index in [2.05, 4.69) is 4.98 Å². The van der Waals surface area contributed by atoms with Crippen LogP contribution in [0.2, 0.25) is 0 Å². The molecule has 0 aliphatic carbocycles. The molecule has 1 heterocycles. The number of carboxylic acids is 1. The SMILES string of the molecule is O=C(O)/C=C/CCc1ccncc1. The van der Waals surface area contributed by atoms with Gasteiger partial charge in [0.2, 0.25) is 0 Å². The van der Waals surface area contributed by atoms with Crippen LogP contribution in [0.3, 0.4) is 0 Å². The summed E-state index contributed by atoms with van der Waals surface area (Å²) >= 11 is 0. The normalized spacial score (nSPS) is 10.5. The van der Waals surface area contributed by atoms with Gasteiger partial charge in [0, 0.05) is 18.5 Å². The van der Waals surface area contributed by atoms with E-state index in [4.69, 9.17) is 5.11 Å². The minimum absolute atomic E-state index is 0.746. The molecule has 0 aliphatic heterocycles. The molecule has 3 nitrogen and oxygen atoms in total. The first-order valence-corrected chi connectivity index (χ1v) is 4.07. The highest BCUT2D eigenvalue weighted by Gasteiger charge is 1.89. The summed E-state index contributed by atoms with van der Waals surface area (Å²) in [5, 5.41) is 8.31. The van der Waals surface area contributed by atoms with Crippen molar-refractivity contribution in [3.63, 3.8) is 0 Å². The van der Waals surface area contributed by atoms with Crippen molar-refractivity contribution in [2.75, 3.05) is 0 Å². The molecule has 1 rings (SSSR count). The van der Waals surface area contributed by atoms with Gasteiger partial charge in [-0.05, 0) is 30.5 Å². The first-order chi connectivity index (χ1) is 6.29. The van der Waals surface area contributed by atoms with E-state index < -0.39 is 5.97 Å². The van der Waals surface area contributed by atoms with Crippen molar-refractivity contribution in [3.05, 3.63) is 42.2 Å². The highest BCUT2D eigenvalue weighted by molar-refractivity contribution is 5.79. The standard InChI is InChI=1S/C10H11NO2/c12-10(13)4-2-1-3-9-5-7-11-8-6-9/h2,4-8H,1,3H2,(H,12,13)/b4-2+. The molecule has 68 valence electrons. The average Bonchev–Trinajstić information content (AvgIpc) is 2.14. The number of aromatic nitrogens is 1. The molecule has 0 bridgehead atoms. The lowest BCUT2D eigenvalue weighted by Crippen LogP contribution is -1.87. The molecule has 0 aliphatic rings. The first kappa shape index (κ1) is 9.45. The van der Waals surface area contributed by atoms with Crippen LogP contribution in [-0.4, -0.2) is 16.1 Å². The predicted octanol–water partition coefficient (Wildman–Crippen LogP) is 1.66. The van der Waals surface area contributed by atoms with E-state index in [1.54, 1.807) is 18.5 Å². The van der Waals surface area contributed by atoms with Gasteiger partial charge in [0.1, 0.15) is 0 Å². The maximum absolute atomic E-state index is 10.1. The van der Waals surface area contributed by atoms with Crippen molar-refractivity contribution in [3.8, 4) is 0 Å². The zero-order chi connectivity index (χ0) is 9.52. The van der Waals surface area contributed by atoms with E-state index in [1.807, 2.05) is 12.1 Å². The fraction of sp³-hybridized carbons (Fsp3) is 0.200. The van der Waals surface area contributed by atoms with Crippen LogP contribution in [0.4, 0.5) is 0 Å². The molecule has 0 saturated heterocycles. The Kier molecular flexibility index (Phi) is 3.70. The van der Waals surface area contributed by atoms with Crippen LogP contribution in [0.15, 0.2) is 36.7 Å². The van der Waals surface area contributed by atoms with Crippen LogP contribution in [0, 0.1) is 0 Å². The molecule has 0 radical (unpaired) electrons. The number of carboxylic acid groups (broad SMARTS) is 1. The molecule has 0 saturated carbocycles. The van der Waals surface area contributed by atoms with E-state index in [0.29, 0.717) is 0 Å². The smallest absolute Gasteiger partial charge is 0.327 e. The topological polar surface area (TPSA) is 50.2 Å². The summed E-state index contributed by atoms with van der Waals surface area (Å²) in [5.74, 6) is -0.894. The molecule has 1 N–H and O–H groups in total. The molecule has 1 aromatic heterocycles. The van der Waals surface area contributed by atoms with Crippen LogP contribution < -0.4 is 0 Å². The van der Waals surface area contributed by atoms with Crippen molar-refractivity contribution in [2.45, 2.75) is 12.8 Å². The Morgan fingerprint density at radius 3 is 2.77 bits per heavy atom. The maximum atomic E-state index is 10.1. The average molecular weight is 177 g/mol. The Balaban J connectivity index is 2.32. The van der Waals surface area contributed by atoms with Gasteiger partial charge in [-0.1, -0.05) is 6.08 Å². The summed E-state index contributed by atoms with van der Waals surface area (Å²) in [4.78, 5) is 14.0. The van der Waals surface area contributed by atoms with Crippen LogP contribution in [-0.2, 0) is 11.2 Å². The van der Waals surface area contributed by atoms with E-state index in [-0.39, 0.29) is 0 Å². The minimum Gasteiger partial charge on any atom is -0.478 e. The number of allylic oxidation sites excluding steroid dienone is 1. The van der Waals surface area contributed by atoms with Crippen LogP contribution >= 0.6 is 0 Å². The van der Waals surface area contributed by atoms with E-state index >= 15 is 0 Å². The van der Waals surface area contributed by atoms with Gasteiger partial charge in [0.15, 0.2) is 0 Å². The number of hydrogen-bond donors (Lipinski definition) is 1. The summed E-state index contributed by atoms with van der Waals surface area (Å²) in [6, 6.07) is 3.85. The van der Waals surface area contributed by atoms with Crippen LogP contribution in [0.1, 0.15) is 12.0 Å². The summed E-state index contributed by atoms with van der Waals surface area (Å²) < 4.78 is 0. The second kappa shape index (κ2) is 5.09. The van der Waals surface area contributed by atoms with Crippen LogP contribution in [0.25, 0.3) is 0 Å². The first-order valence-electron chi connectivity index (χ1n) is 4.07. The lowest BCUT2D eigenvalue weighted by atomic mass is 10.1. The molecule has 1 aromatic rings. The summed E-state index contributed by atoms with van der Waals surface area (Å²) in [6.45, 7) is 0. The summed E-state index contributed by atoms with van der Waals surface area (Å²) in [5.41, 5.74) is 1.17. The van der Waals surface area contributed by atoms with E-state index in [9.17, 15) is 4.79 Å². The zero-order valence-electron chi connectivity index (χ0n) is 7.18. The molecule has 3 heteroatoms. The molecule has 13 heavy (non-hydrogen) atoms. The molecule has 0 aromatic carbocycles. The third-order valence-corrected chi connectivity index (χ3v) is 1.61. The predicted molar refractivity (Wildman–Crippen MR) is 49.3 cm³/mol. The van der Waals surface area contributed by atoms with Crippen molar-refractivity contribution in [2.24, 2.45) is 0 Å². The molecule has 0 fully saturated rings. The lowest BCUT2D eigenvalue weighted by molar-refractivity contribution is -0.131. The quantitative estimate of drug-likeness (QED) is 0.711. The second-order valence-electron chi connectivity index (χ2n) is 2.63. The van der Waals surface area contributed by atoms with Crippen LogP contribution in [0.5, 0.6) is 0 Å². The Morgan fingerprint density at radius 1 is 1.46 bits per heavy atom. The zero-order valence-corrected chi connectivity index (χ0v) is 7.18. The van der Waals surface area contributed by atoms with Gasteiger partial charge < -0.3 is 5.11 Å². The minimum atomic E-state index is -0.894. The summed E-state index contributed by atoms with van der Waals surface area (Å²) in [6.07, 6.45) is 7.89. The largest absolute Gasteiger partial charge is 0.478 e. The van der Waals surface area contributed by atoms with Crippen molar-refractivity contribution in [1.29, 1.82) is 0 Å². The molecular formula is C10H11NO2. The van der Waals surface area contributed by atoms with Gasteiger partial charge in [0.25, 0.3) is 0 Å². The molecule has 0 amide bonds. The van der Waals surface area contributed by atoms with Crippen molar-refractivity contribution < 1.29 is 9.90 Å². The van der Waals surface area contributed by atoms with Gasteiger partial charge in [-0.3, -0.25) is 4.98 Å². The highest BCUT2D eigenvalue weighted by Crippen LogP contribution is 2.00. The van der Waals surface area contributed by atoms with Gasteiger partial charge in [0.05, 0.1) is 0 Å². The number of carbonyl (C=O) groups is 1. The second-order valence-corrected chi connectivity index (χ2v) is 2.63. The van der Waals surface area contributed by atoms with Crippen molar-refractivity contribution >= 4 is 5.97 Å². The Morgan fingerprint density at radius 2 is 2.15 bits per heavy atom. The number of hydrogen-bond acceptors (Lipinski definition) is 2. The van der Waals surface area contributed by atoms with Gasteiger partial charge in [-0.25, -0.2) is 4.79 Å². The molecule has 0 spiro atoms. The van der Waals surface area contributed by atoms with Gasteiger partial charge in [-0.15, -0.1) is 0 Å². The number of aryl methyl sites for hydroxylation is 1. The molecule has 0 unspecified atom stereocenters. The fourth-order valence-corrected chi connectivity index (χ4v) is 0.984. The molecule has 0 atom stereocenters. The fourth-order valence-electron chi connectivity index (χ4n) is 0.984.